The molecule has 1 fully saturated rings. The van der Waals surface area contributed by atoms with Crippen LogP contribution >= 0.6 is 7.75 Å². The molecular formula is C32H34N7O7P. The SMILES string of the molecule is CCOC(=O)C(Cc1c[nH]c2ccccc12)NP(=O)(OCC1OC(C#N)(c2ccc3c(N)ncnn23)C(C)C1O)Oc1ccccc1. The molecular weight excluding hydrogens is 625 g/mol. The van der Waals surface area contributed by atoms with Gasteiger partial charge in [0, 0.05) is 29.4 Å². The van der Waals surface area contributed by atoms with Crippen molar-refractivity contribution in [3.05, 3.63) is 90.5 Å². The highest BCUT2D eigenvalue weighted by atomic mass is 31.2. The lowest BCUT2D eigenvalue weighted by Crippen LogP contribution is -2.40. The van der Waals surface area contributed by atoms with Gasteiger partial charge in [0.05, 0.1) is 25.0 Å². The predicted octanol–water partition coefficient (Wildman–Crippen LogP) is 3.88. The van der Waals surface area contributed by atoms with E-state index in [9.17, 15) is 19.7 Å². The van der Waals surface area contributed by atoms with Gasteiger partial charge in [-0.3, -0.25) is 9.32 Å². The average Bonchev–Trinajstić information content (AvgIpc) is 3.76. The van der Waals surface area contributed by atoms with E-state index >= 15 is 0 Å². The van der Waals surface area contributed by atoms with E-state index in [0.717, 1.165) is 16.5 Å². The van der Waals surface area contributed by atoms with Gasteiger partial charge < -0.3 is 29.8 Å². The number of para-hydroxylation sites is 2. The molecule has 4 heterocycles. The number of aromatic nitrogens is 4. The minimum atomic E-state index is -4.39. The molecule has 15 heteroatoms. The van der Waals surface area contributed by atoms with Crippen molar-refractivity contribution in [1.29, 1.82) is 5.26 Å². The Hall–Kier alpha value is -4.77. The van der Waals surface area contributed by atoms with Crippen LogP contribution in [-0.4, -0.2) is 62.1 Å². The lowest BCUT2D eigenvalue weighted by atomic mass is 9.85. The van der Waals surface area contributed by atoms with Crippen molar-refractivity contribution in [3.8, 4) is 11.8 Å². The van der Waals surface area contributed by atoms with Crippen LogP contribution in [-0.2, 0) is 35.4 Å². The number of nitrogens with two attached hydrogens (primary N) is 1. The number of carbonyl (C=O) groups is 1. The van der Waals surface area contributed by atoms with Crippen molar-refractivity contribution in [2.75, 3.05) is 18.9 Å². The number of esters is 1. The summed E-state index contributed by atoms with van der Waals surface area (Å²) >= 11 is 0. The van der Waals surface area contributed by atoms with Crippen LogP contribution in [0.2, 0.25) is 0 Å². The van der Waals surface area contributed by atoms with E-state index in [1.807, 2.05) is 24.3 Å². The molecule has 1 aliphatic rings. The molecule has 6 atom stereocenters. The van der Waals surface area contributed by atoms with Crippen molar-refractivity contribution in [2.45, 2.75) is 44.1 Å². The fourth-order valence-corrected chi connectivity index (χ4v) is 7.34. The minimum absolute atomic E-state index is 0.0941. The average molecular weight is 660 g/mol. The summed E-state index contributed by atoms with van der Waals surface area (Å²) in [6, 6.07) is 20.3. The van der Waals surface area contributed by atoms with Crippen LogP contribution in [0.3, 0.4) is 0 Å². The molecule has 6 rings (SSSR count). The van der Waals surface area contributed by atoms with Crippen molar-refractivity contribution < 1.29 is 33.0 Å². The molecule has 0 spiro atoms. The van der Waals surface area contributed by atoms with E-state index in [0.29, 0.717) is 11.2 Å². The maximum atomic E-state index is 14.5. The second kappa shape index (κ2) is 13.2. The highest BCUT2D eigenvalue weighted by Gasteiger charge is 2.56. The Bertz CT molecular complexity index is 1980. The lowest BCUT2D eigenvalue weighted by molar-refractivity contribution is -0.145. The first-order valence-electron chi connectivity index (χ1n) is 15.0. The second-order valence-electron chi connectivity index (χ2n) is 11.1. The fraction of sp³-hybridized carbons (Fsp3) is 0.312. The normalized spacial score (nSPS) is 22.9. The van der Waals surface area contributed by atoms with Gasteiger partial charge in [-0.1, -0.05) is 43.3 Å². The van der Waals surface area contributed by atoms with Crippen LogP contribution < -0.4 is 15.3 Å². The molecule has 14 nitrogen and oxygen atoms in total. The number of fused-ring (bicyclic) bond motifs is 2. The second-order valence-corrected chi connectivity index (χ2v) is 12.8. The Labute approximate surface area is 270 Å². The number of benzene rings is 2. The Morgan fingerprint density at radius 3 is 2.77 bits per heavy atom. The van der Waals surface area contributed by atoms with Crippen LogP contribution in [0.15, 0.2) is 79.3 Å². The number of carbonyl (C=O) groups excluding carboxylic acids is 1. The van der Waals surface area contributed by atoms with Gasteiger partial charge in [-0.2, -0.15) is 15.4 Å². The van der Waals surface area contributed by atoms with Gasteiger partial charge in [0.15, 0.2) is 5.82 Å². The standard InChI is InChI=1S/C32H34N7O7P/c1-3-43-31(41)25(15-21-16-35-24-12-8-7-11-23(21)24)38-47(42,46-22-9-5-4-6-10-22)44-17-27-29(40)20(2)32(18-33,45-27)28-14-13-26-30(34)36-19-37-39(26)28/h4-14,16,19-20,25,27,29,35,40H,3,15,17H2,1-2H3,(H,38,42)(H2,34,36,37). The maximum absolute atomic E-state index is 14.5. The highest BCUT2D eigenvalue weighted by Crippen LogP contribution is 2.49. The number of aliphatic hydroxyl groups is 1. The predicted molar refractivity (Wildman–Crippen MR) is 171 cm³/mol. The molecule has 0 radical (unpaired) electrons. The molecule has 1 aliphatic heterocycles. The zero-order valence-electron chi connectivity index (χ0n) is 25.6. The van der Waals surface area contributed by atoms with Crippen LogP contribution in [0.1, 0.15) is 25.1 Å². The van der Waals surface area contributed by atoms with Gasteiger partial charge in [-0.05, 0) is 42.8 Å². The van der Waals surface area contributed by atoms with Gasteiger partial charge in [-0.25, -0.2) is 14.1 Å². The number of nitriles is 1. The summed E-state index contributed by atoms with van der Waals surface area (Å²) < 4.78 is 39.3. The number of ether oxygens (including phenoxy) is 2. The first kappa shape index (κ1) is 32.2. The van der Waals surface area contributed by atoms with Crippen molar-refractivity contribution in [3.63, 3.8) is 0 Å². The first-order valence-corrected chi connectivity index (χ1v) is 16.6. The van der Waals surface area contributed by atoms with E-state index in [1.54, 1.807) is 62.5 Å². The number of H-pyrrole nitrogens is 1. The highest BCUT2D eigenvalue weighted by molar-refractivity contribution is 7.52. The Kier molecular flexibility index (Phi) is 9.01. The Morgan fingerprint density at radius 1 is 1.23 bits per heavy atom. The van der Waals surface area contributed by atoms with Gasteiger partial charge in [0.1, 0.15) is 35.8 Å². The van der Waals surface area contributed by atoms with Crippen molar-refractivity contribution in [2.24, 2.45) is 5.92 Å². The largest absolute Gasteiger partial charge is 0.465 e. The summed E-state index contributed by atoms with van der Waals surface area (Å²) in [5, 5.41) is 29.6. The van der Waals surface area contributed by atoms with Gasteiger partial charge >= 0.3 is 13.7 Å². The van der Waals surface area contributed by atoms with E-state index in [4.69, 9.17) is 24.3 Å². The number of anilines is 1. The number of nitrogens with one attached hydrogen (secondary N) is 2. The smallest absolute Gasteiger partial charge is 0.459 e. The first-order chi connectivity index (χ1) is 22.7. The molecule has 0 bridgehead atoms. The van der Waals surface area contributed by atoms with Crippen molar-refractivity contribution in [1.82, 2.24) is 24.7 Å². The lowest BCUT2D eigenvalue weighted by Gasteiger charge is -2.26. The molecule has 6 unspecified atom stereocenters. The number of nitrogens with zero attached hydrogens (tertiary/aromatic N) is 4. The van der Waals surface area contributed by atoms with Gasteiger partial charge in [0.25, 0.3) is 0 Å². The number of hydrogen-bond donors (Lipinski definition) is 4. The quantitative estimate of drug-likeness (QED) is 0.112. The molecule has 0 amide bonds. The Morgan fingerprint density at radius 2 is 2.00 bits per heavy atom. The fourth-order valence-electron chi connectivity index (χ4n) is 5.84. The molecule has 5 aromatic rings. The van der Waals surface area contributed by atoms with Gasteiger partial charge in [0.2, 0.25) is 5.60 Å². The zero-order valence-corrected chi connectivity index (χ0v) is 26.5. The molecule has 0 aliphatic carbocycles. The molecule has 1 saturated heterocycles. The number of aliphatic hydroxyl groups excluding tert-OH is 1. The number of rotatable bonds is 12. The van der Waals surface area contributed by atoms with Crippen LogP contribution in [0.4, 0.5) is 5.82 Å². The van der Waals surface area contributed by atoms with Gasteiger partial charge in [-0.15, -0.1) is 0 Å². The molecule has 47 heavy (non-hydrogen) atoms. The summed E-state index contributed by atoms with van der Waals surface area (Å²) in [6.07, 6.45) is 0.776. The van der Waals surface area contributed by atoms with Crippen molar-refractivity contribution >= 4 is 36.0 Å². The molecule has 5 N–H and O–H groups in total. The molecule has 3 aromatic heterocycles. The van der Waals surface area contributed by atoms with E-state index in [1.165, 1.54) is 10.8 Å². The van der Waals surface area contributed by atoms with E-state index < -0.39 is 50.1 Å². The summed E-state index contributed by atoms with van der Waals surface area (Å²) in [5.74, 6) is -1.01. The third-order valence-corrected chi connectivity index (χ3v) is 9.83. The van der Waals surface area contributed by atoms with Crippen LogP contribution in [0, 0.1) is 17.2 Å². The zero-order chi connectivity index (χ0) is 33.2. The van der Waals surface area contributed by atoms with E-state index in [-0.39, 0.29) is 24.6 Å². The monoisotopic (exact) mass is 659 g/mol. The molecule has 2 aromatic carbocycles. The maximum Gasteiger partial charge on any atom is 0.459 e. The summed E-state index contributed by atoms with van der Waals surface area (Å²) in [4.78, 5) is 20.4. The van der Waals surface area contributed by atoms with E-state index in [2.05, 4.69) is 26.2 Å². The number of hydrogen-bond acceptors (Lipinski definition) is 11. The third kappa shape index (κ3) is 6.19. The third-order valence-electron chi connectivity index (χ3n) is 8.26. The summed E-state index contributed by atoms with van der Waals surface area (Å²) in [7, 11) is -4.39. The minimum Gasteiger partial charge on any atom is -0.465 e. The number of aromatic amines is 1. The summed E-state index contributed by atoms with van der Waals surface area (Å²) in [5.41, 5.74) is 6.79. The van der Waals surface area contributed by atoms with Crippen LogP contribution in [0.5, 0.6) is 5.75 Å². The molecule has 244 valence electrons. The molecule has 0 saturated carbocycles. The Balaban J connectivity index is 1.28. The topological polar surface area (TPSA) is 199 Å². The van der Waals surface area contributed by atoms with Crippen LogP contribution in [0.25, 0.3) is 16.4 Å². The number of nitrogen functional groups attached to an aromatic ring is 1. The summed E-state index contributed by atoms with van der Waals surface area (Å²) in [6.45, 7) is 2.97.